The van der Waals surface area contributed by atoms with E-state index in [1.54, 1.807) is 42.6 Å². The van der Waals surface area contributed by atoms with E-state index >= 15 is 0 Å². The molecule has 156 valence electrons. The number of benzene rings is 2. The number of nitrogens with zero attached hydrogens (tertiary/aromatic N) is 1. The molecular formula is C24H24ClFN2O2. The molecule has 0 spiro atoms. The summed E-state index contributed by atoms with van der Waals surface area (Å²) in [4.78, 5) is 17.0. The standard InChI is InChI=1S/C24H24ClFN2O2/c1-15(23(29)28-19-5-2-17(25)3-6-19)16-8-11-24(30,12-9-16)21-10-13-27-22-7-4-18(26)14-20(21)22/h2-7,10,13-16,30H,8-9,11-12H2,1H3,(H,28,29)/t15?,16-,24-. The highest BCUT2D eigenvalue weighted by Crippen LogP contribution is 2.44. The first-order chi connectivity index (χ1) is 14.4. The van der Waals surface area contributed by atoms with E-state index in [2.05, 4.69) is 10.3 Å². The van der Waals surface area contributed by atoms with Crippen molar-refractivity contribution in [3.63, 3.8) is 0 Å². The minimum absolute atomic E-state index is 0.0378. The SMILES string of the molecule is CC(C(=O)Nc1ccc(Cl)cc1)[C@H]1CC[C@@](O)(c2ccnc3ccc(F)cc32)CC1. The summed E-state index contributed by atoms with van der Waals surface area (Å²) in [6.07, 6.45) is 4.12. The molecule has 4 rings (SSSR count). The fourth-order valence-corrected chi connectivity index (χ4v) is 4.54. The van der Waals surface area contributed by atoms with E-state index in [0.29, 0.717) is 52.9 Å². The Morgan fingerprint density at radius 1 is 1.20 bits per heavy atom. The highest BCUT2D eigenvalue weighted by Gasteiger charge is 2.38. The van der Waals surface area contributed by atoms with Crippen LogP contribution in [-0.4, -0.2) is 16.0 Å². The number of rotatable bonds is 4. The number of carbonyl (C=O) groups excluding carboxylic acids is 1. The Morgan fingerprint density at radius 2 is 1.90 bits per heavy atom. The third kappa shape index (κ3) is 4.18. The number of aromatic nitrogens is 1. The van der Waals surface area contributed by atoms with E-state index in [4.69, 9.17) is 11.6 Å². The van der Waals surface area contributed by atoms with Gasteiger partial charge >= 0.3 is 0 Å². The lowest BCUT2D eigenvalue weighted by atomic mass is 9.71. The number of pyridine rings is 1. The second kappa shape index (κ2) is 8.32. The van der Waals surface area contributed by atoms with E-state index in [1.165, 1.54) is 12.1 Å². The minimum atomic E-state index is -1.04. The molecule has 30 heavy (non-hydrogen) atoms. The van der Waals surface area contributed by atoms with Gasteiger partial charge in [-0.2, -0.15) is 0 Å². The highest BCUT2D eigenvalue weighted by molar-refractivity contribution is 6.30. The number of fused-ring (bicyclic) bond motifs is 1. The van der Waals surface area contributed by atoms with Crippen molar-refractivity contribution in [2.24, 2.45) is 11.8 Å². The maximum atomic E-state index is 13.8. The fourth-order valence-electron chi connectivity index (χ4n) is 4.41. The summed E-state index contributed by atoms with van der Waals surface area (Å²) in [5.41, 5.74) is 1.05. The smallest absolute Gasteiger partial charge is 0.227 e. The molecule has 1 heterocycles. The van der Waals surface area contributed by atoms with Crippen molar-refractivity contribution in [1.82, 2.24) is 4.98 Å². The number of carbonyl (C=O) groups is 1. The van der Waals surface area contributed by atoms with Crippen molar-refractivity contribution >= 4 is 34.1 Å². The number of amides is 1. The van der Waals surface area contributed by atoms with Gasteiger partial charge in [-0.15, -0.1) is 0 Å². The molecule has 1 aliphatic carbocycles. The van der Waals surface area contributed by atoms with Crippen molar-refractivity contribution in [2.75, 3.05) is 5.32 Å². The summed E-state index contributed by atoms with van der Waals surface area (Å²) in [7, 11) is 0. The molecule has 4 nitrogen and oxygen atoms in total. The van der Waals surface area contributed by atoms with Crippen molar-refractivity contribution in [3.8, 4) is 0 Å². The van der Waals surface area contributed by atoms with Crippen LogP contribution in [0.3, 0.4) is 0 Å². The van der Waals surface area contributed by atoms with Gasteiger partial charge in [0.05, 0.1) is 11.1 Å². The summed E-state index contributed by atoms with van der Waals surface area (Å²) >= 11 is 5.89. The van der Waals surface area contributed by atoms with Crippen LogP contribution in [0, 0.1) is 17.7 Å². The Balaban J connectivity index is 1.46. The first-order valence-electron chi connectivity index (χ1n) is 10.2. The molecule has 2 aromatic carbocycles. The zero-order valence-electron chi connectivity index (χ0n) is 16.7. The zero-order chi connectivity index (χ0) is 21.3. The van der Waals surface area contributed by atoms with Crippen LogP contribution in [0.4, 0.5) is 10.1 Å². The van der Waals surface area contributed by atoms with Gasteiger partial charge in [0.1, 0.15) is 5.82 Å². The number of aliphatic hydroxyl groups is 1. The van der Waals surface area contributed by atoms with Gasteiger partial charge in [0, 0.05) is 28.2 Å². The fraction of sp³-hybridized carbons (Fsp3) is 0.333. The van der Waals surface area contributed by atoms with Crippen LogP contribution < -0.4 is 5.32 Å². The minimum Gasteiger partial charge on any atom is -0.385 e. The van der Waals surface area contributed by atoms with Gasteiger partial charge in [-0.05, 0) is 85.7 Å². The Kier molecular flexibility index (Phi) is 5.76. The van der Waals surface area contributed by atoms with Crippen molar-refractivity contribution in [1.29, 1.82) is 0 Å². The molecule has 0 saturated heterocycles. The van der Waals surface area contributed by atoms with Crippen LogP contribution in [0.2, 0.25) is 5.02 Å². The number of halogens is 2. The van der Waals surface area contributed by atoms with E-state index in [0.717, 1.165) is 0 Å². The lowest BCUT2D eigenvalue weighted by molar-refractivity contribution is -0.122. The third-order valence-electron chi connectivity index (χ3n) is 6.29. The molecule has 3 aromatic rings. The number of hydrogen-bond donors (Lipinski definition) is 2. The predicted octanol–water partition coefficient (Wildman–Crippen LogP) is 5.68. The Hall–Kier alpha value is -2.50. The number of nitrogens with one attached hydrogen (secondary N) is 1. The van der Waals surface area contributed by atoms with Crippen molar-refractivity contribution in [2.45, 2.75) is 38.2 Å². The van der Waals surface area contributed by atoms with Gasteiger partial charge < -0.3 is 10.4 Å². The average molecular weight is 427 g/mol. The normalized spacial score (nSPS) is 22.6. The molecule has 1 amide bonds. The predicted molar refractivity (Wildman–Crippen MR) is 117 cm³/mol. The Bertz CT molecular complexity index is 1060. The maximum Gasteiger partial charge on any atom is 0.227 e. The van der Waals surface area contributed by atoms with Crippen LogP contribution in [-0.2, 0) is 10.4 Å². The summed E-state index contributed by atoms with van der Waals surface area (Å²) in [5, 5.41) is 15.6. The summed E-state index contributed by atoms with van der Waals surface area (Å²) < 4.78 is 13.8. The van der Waals surface area contributed by atoms with Crippen LogP contribution in [0.5, 0.6) is 0 Å². The van der Waals surface area contributed by atoms with Crippen molar-refractivity contribution in [3.05, 3.63) is 71.1 Å². The molecule has 1 fully saturated rings. The van der Waals surface area contributed by atoms with E-state index in [1.807, 2.05) is 6.92 Å². The summed E-state index contributed by atoms with van der Waals surface area (Å²) in [6, 6.07) is 13.3. The third-order valence-corrected chi connectivity index (χ3v) is 6.55. The van der Waals surface area contributed by atoms with E-state index in [9.17, 15) is 14.3 Å². The van der Waals surface area contributed by atoms with Crippen LogP contribution in [0.1, 0.15) is 38.2 Å². The molecule has 1 aromatic heterocycles. The van der Waals surface area contributed by atoms with Crippen LogP contribution >= 0.6 is 11.6 Å². The average Bonchev–Trinajstić information content (AvgIpc) is 2.75. The Labute approximate surface area is 180 Å². The first kappa shape index (κ1) is 20.8. The molecule has 1 unspecified atom stereocenters. The van der Waals surface area contributed by atoms with Gasteiger partial charge in [-0.1, -0.05) is 18.5 Å². The molecule has 1 aliphatic rings. The summed E-state index contributed by atoms with van der Waals surface area (Å²) in [6.45, 7) is 1.93. The summed E-state index contributed by atoms with van der Waals surface area (Å²) in [5.74, 6) is -0.398. The molecule has 2 N–H and O–H groups in total. The van der Waals surface area contributed by atoms with Crippen LogP contribution in [0.15, 0.2) is 54.7 Å². The second-order valence-electron chi connectivity index (χ2n) is 8.17. The number of hydrogen-bond acceptors (Lipinski definition) is 3. The molecule has 1 atom stereocenters. The lowest BCUT2D eigenvalue weighted by Crippen LogP contribution is -2.36. The Morgan fingerprint density at radius 3 is 2.60 bits per heavy atom. The maximum absolute atomic E-state index is 13.8. The van der Waals surface area contributed by atoms with E-state index < -0.39 is 5.60 Å². The molecular weight excluding hydrogens is 403 g/mol. The quantitative estimate of drug-likeness (QED) is 0.564. The van der Waals surface area contributed by atoms with Gasteiger partial charge in [0.15, 0.2) is 0 Å². The largest absolute Gasteiger partial charge is 0.385 e. The zero-order valence-corrected chi connectivity index (χ0v) is 17.5. The first-order valence-corrected chi connectivity index (χ1v) is 10.6. The van der Waals surface area contributed by atoms with Gasteiger partial charge in [0.25, 0.3) is 0 Å². The van der Waals surface area contributed by atoms with Gasteiger partial charge in [-0.25, -0.2) is 4.39 Å². The van der Waals surface area contributed by atoms with E-state index in [-0.39, 0.29) is 23.6 Å². The monoisotopic (exact) mass is 426 g/mol. The number of anilines is 1. The molecule has 0 radical (unpaired) electrons. The molecule has 1 saturated carbocycles. The second-order valence-corrected chi connectivity index (χ2v) is 8.61. The van der Waals surface area contributed by atoms with Crippen molar-refractivity contribution < 1.29 is 14.3 Å². The van der Waals surface area contributed by atoms with Gasteiger partial charge in [0.2, 0.25) is 5.91 Å². The molecule has 6 heteroatoms. The molecule has 0 bridgehead atoms. The van der Waals surface area contributed by atoms with Gasteiger partial charge in [-0.3, -0.25) is 9.78 Å². The lowest BCUT2D eigenvalue weighted by Gasteiger charge is -2.38. The van der Waals surface area contributed by atoms with Crippen LogP contribution in [0.25, 0.3) is 10.9 Å². The highest BCUT2D eigenvalue weighted by atomic mass is 35.5. The topological polar surface area (TPSA) is 62.2 Å². The molecule has 0 aliphatic heterocycles.